The minimum absolute atomic E-state index is 0.0925. The maximum Gasteiger partial charge on any atom is 0.307 e. The summed E-state index contributed by atoms with van der Waals surface area (Å²) in [6.45, 7) is 3.39. The molecule has 0 heterocycles. The van der Waals surface area contributed by atoms with Gasteiger partial charge in [0.05, 0.1) is 18.4 Å². The Morgan fingerprint density at radius 1 is 1.24 bits per heavy atom. The summed E-state index contributed by atoms with van der Waals surface area (Å²) in [5.41, 5.74) is -0.531. The van der Waals surface area contributed by atoms with Gasteiger partial charge >= 0.3 is 5.97 Å². The summed E-state index contributed by atoms with van der Waals surface area (Å²) in [5.74, 6) is -2.75. The number of amides is 2. The molecule has 1 saturated carbocycles. The molecule has 0 aromatic carbocycles. The Labute approximate surface area is 100.0 Å². The van der Waals surface area contributed by atoms with Crippen LogP contribution in [-0.2, 0) is 14.4 Å². The van der Waals surface area contributed by atoms with Crippen molar-refractivity contribution in [3.63, 3.8) is 0 Å². The number of aliphatic carboxylic acids is 1. The molecule has 6 nitrogen and oxygen atoms in total. The predicted octanol–water partition coefficient (Wildman–Crippen LogP) is -0.452. The van der Waals surface area contributed by atoms with E-state index in [2.05, 4.69) is 5.32 Å². The van der Waals surface area contributed by atoms with E-state index in [9.17, 15) is 14.4 Å². The molecule has 0 bridgehead atoms. The second-order valence-corrected chi connectivity index (χ2v) is 5.12. The third-order valence-electron chi connectivity index (χ3n) is 3.29. The first-order valence-corrected chi connectivity index (χ1v) is 5.40. The minimum Gasteiger partial charge on any atom is -0.481 e. The summed E-state index contributed by atoms with van der Waals surface area (Å²) < 4.78 is 0. The van der Waals surface area contributed by atoms with E-state index in [0.29, 0.717) is 0 Å². The monoisotopic (exact) mass is 242 g/mol. The Morgan fingerprint density at radius 3 is 2.12 bits per heavy atom. The standard InChI is InChI=1S/C11H18N2O4/c1-11(2)7(8(11)10(16)17)9(15)12-5-6(14)13(3)4/h7-8H,5H2,1-4H3,(H,12,15)(H,16,17)/t7-,8+/m0/s1. The average molecular weight is 242 g/mol. The van der Waals surface area contributed by atoms with E-state index in [-0.39, 0.29) is 18.4 Å². The van der Waals surface area contributed by atoms with Crippen molar-refractivity contribution in [1.82, 2.24) is 10.2 Å². The lowest BCUT2D eigenvalue weighted by molar-refractivity contribution is -0.140. The molecule has 0 aromatic rings. The Morgan fingerprint density at radius 2 is 1.76 bits per heavy atom. The van der Waals surface area contributed by atoms with Crippen LogP contribution in [0.1, 0.15) is 13.8 Å². The van der Waals surface area contributed by atoms with Gasteiger partial charge in [-0.3, -0.25) is 14.4 Å². The topological polar surface area (TPSA) is 86.7 Å². The zero-order chi connectivity index (χ0) is 13.4. The number of hydrogen-bond acceptors (Lipinski definition) is 3. The quantitative estimate of drug-likeness (QED) is 0.699. The summed E-state index contributed by atoms with van der Waals surface area (Å²) in [6, 6.07) is 0. The largest absolute Gasteiger partial charge is 0.481 e. The molecule has 2 amide bonds. The molecule has 2 atom stereocenters. The number of nitrogens with one attached hydrogen (secondary N) is 1. The van der Waals surface area contributed by atoms with Crippen LogP contribution in [0, 0.1) is 17.3 Å². The number of hydrogen-bond donors (Lipinski definition) is 2. The first-order chi connectivity index (χ1) is 7.69. The van der Waals surface area contributed by atoms with Crippen LogP contribution >= 0.6 is 0 Å². The van der Waals surface area contributed by atoms with Crippen molar-refractivity contribution < 1.29 is 19.5 Å². The van der Waals surface area contributed by atoms with E-state index in [4.69, 9.17) is 5.11 Å². The summed E-state index contributed by atoms with van der Waals surface area (Å²) >= 11 is 0. The molecule has 17 heavy (non-hydrogen) atoms. The number of carboxylic acid groups (broad SMARTS) is 1. The van der Waals surface area contributed by atoms with Crippen molar-refractivity contribution in [3.05, 3.63) is 0 Å². The Balaban J connectivity index is 2.51. The molecule has 0 aliphatic heterocycles. The summed E-state index contributed by atoms with van der Waals surface area (Å²) in [5, 5.41) is 11.4. The van der Waals surface area contributed by atoms with Crippen LogP contribution in [0.3, 0.4) is 0 Å². The molecule has 0 aromatic heterocycles. The highest BCUT2D eigenvalue weighted by atomic mass is 16.4. The van der Waals surface area contributed by atoms with E-state index in [1.165, 1.54) is 4.90 Å². The second kappa shape index (κ2) is 4.35. The van der Waals surface area contributed by atoms with E-state index in [1.54, 1.807) is 27.9 Å². The van der Waals surface area contributed by atoms with Gasteiger partial charge in [0.25, 0.3) is 0 Å². The van der Waals surface area contributed by atoms with Crippen LogP contribution in [0.5, 0.6) is 0 Å². The molecule has 0 unspecified atom stereocenters. The normalized spacial score (nSPS) is 24.9. The molecule has 1 fully saturated rings. The van der Waals surface area contributed by atoms with Crippen molar-refractivity contribution in [2.45, 2.75) is 13.8 Å². The lowest BCUT2D eigenvalue weighted by Crippen LogP contribution is -2.37. The van der Waals surface area contributed by atoms with Crippen LogP contribution in [0.25, 0.3) is 0 Å². The van der Waals surface area contributed by atoms with Gasteiger partial charge in [-0.15, -0.1) is 0 Å². The van der Waals surface area contributed by atoms with Gasteiger partial charge in [0.1, 0.15) is 0 Å². The number of carbonyl (C=O) groups excluding carboxylic acids is 2. The van der Waals surface area contributed by atoms with Gasteiger partial charge in [0.2, 0.25) is 11.8 Å². The Kier molecular flexibility index (Phi) is 3.45. The van der Waals surface area contributed by atoms with Crippen LogP contribution in [0.4, 0.5) is 0 Å². The van der Waals surface area contributed by atoms with Crippen molar-refractivity contribution >= 4 is 17.8 Å². The van der Waals surface area contributed by atoms with Crippen LogP contribution in [0.15, 0.2) is 0 Å². The number of nitrogens with zero attached hydrogens (tertiary/aromatic N) is 1. The first kappa shape index (κ1) is 13.5. The van der Waals surface area contributed by atoms with E-state index in [0.717, 1.165) is 0 Å². The summed E-state index contributed by atoms with van der Waals surface area (Å²) in [7, 11) is 3.19. The lowest BCUT2D eigenvalue weighted by atomic mass is 10.1. The average Bonchev–Trinajstić information content (AvgIpc) is 2.77. The van der Waals surface area contributed by atoms with E-state index < -0.39 is 23.2 Å². The zero-order valence-corrected chi connectivity index (χ0v) is 10.5. The van der Waals surface area contributed by atoms with Crippen molar-refractivity contribution in [2.24, 2.45) is 17.3 Å². The highest BCUT2D eigenvalue weighted by Gasteiger charge is 2.65. The SMILES string of the molecule is CN(C)C(=O)CNC(=O)[C@@H]1[C@H](C(=O)O)C1(C)C. The molecular weight excluding hydrogens is 224 g/mol. The molecule has 0 radical (unpaired) electrons. The van der Waals surface area contributed by atoms with Crippen LogP contribution < -0.4 is 5.32 Å². The fraction of sp³-hybridized carbons (Fsp3) is 0.727. The number of rotatable bonds is 4. The molecule has 0 saturated heterocycles. The highest BCUT2D eigenvalue weighted by molar-refractivity contribution is 5.93. The van der Waals surface area contributed by atoms with Gasteiger partial charge in [0, 0.05) is 14.1 Å². The van der Waals surface area contributed by atoms with Crippen molar-refractivity contribution in [2.75, 3.05) is 20.6 Å². The predicted molar refractivity (Wildman–Crippen MR) is 60.1 cm³/mol. The summed E-state index contributed by atoms with van der Waals surface area (Å²) in [4.78, 5) is 35.2. The van der Waals surface area contributed by atoms with Crippen molar-refractivity contribution in [1.29, 1.82) is 0 Å². The van der Waals surface area contributed by atoms with Gasteiger partial charge < -0.3 is 15.3 Å². The third kappa shape index (κ3) is 2.57. The molecule has 96 valence electrons. The van der Waals surface area contributed by atoms with E-state index >= 15 is 0 Å². The van der Waals surface area contributed by atoms with Crippen LogP contribution in [-0.4, -0.2) is 48.4 Å². The summed E-state index contributed by atoms with van der Waals surface area (Å²) in [6.07, 6.45) is 0. The van der Waals surface area contributed by atoms with Crippen LogP contribution in [0.2, 0.25) is 0 Å². The highest BCUT2D eigenvalue weighted by Crippen LogP contribution is 2.58. The maximum absolute atomic E-state index is 11.7. The smallest absolute Gasteiger partial charge is 0.307 e. The number of likely N-dealkylation sites (N-methyl/N-ethyl adjacent to an activating group) is 1. The number of carboxylic acids is 1. The zero-order valence-electron chi connectivity index (χ0n) is 10.5. The molecule has 2 N–H and O–H groups in total. The molecule has 6 heteroatoms. The lowest BCUT2D eigenvalue weighted by Gasteiger charge is -2.11. The Bertz CT molecular complexity index is 362. The van der Waals surface area contributed by atoms with E-state index in [1.807, 2.05) is 0 Å². The van der Waals surface area contributed by atoms with Gasteiger partial charge in [-0.1, -0.05) is 13.8 Å². The molecular formula is C11H18N2O4. The van der Waals surface area contributed by atoms with Gasteiger partial charge in [-0.05, 0) is 5.41 Å². The first-order valence-electron chi connectivity index (χ1n) is 5.40. The van der Waals surface area contributed by atoms with Crippen molar-refractivity contribution in [3.8, 4) is 0 Å². The molecule has 1 aliphatic rings. The van der Waals surface area contributed by atoms with Gasteiger partial charge in [-0.25, -0.2) is 0 Å². The molecule has 1 aliphatic carbocycles. The number of carbonyl (C=O) groups is 3. The fourth-order valence-corrected chi connectivity index (χ4v) is 2.02. The third-order valence-corrected chi connectivity index (χ3v) is 3.29. The minimum atomic E-state index is -0.964. The maximum atomic E-state index is 11.7. The van der Waals surface area contributed by atoms with Gasteiger partial charge in [-0.2, -0.15) is 0 Å². The Hall–Kier alpha value is -1.59. The fourth-order valence-electron chi connectivity index (χ4n) is 2.02. The second-order valence-electron chi connectivity index (χ2n) is 5.12. The molecule has 1 rings (SSSR count). The van der Waals surface area contributed by atoms with Gasteiger partial charge in [0.15, 0.2) is 0 Å². The molecule has 0 spiro atoms.